The van der Waals surface area contributed by atoms with E-state index in [1.165, 1.54) is 11.3 Å². The van der Waals surface area contributed by atoms with Crippen molar-refractivity contribution in [3.05, 3.63) is 63.0 Å². The molecule has 1 aliphatic heterocycles. The molecule has 1 N–H and O–H groups in total. The number of rotatable bonds is 6. The van der Waals surface area contributed by atoms with Crippen LogP contribution in [0.5, 0.6) is 0 Å². The number of piperazine rings is 1. The zero-order chi connectivity index (χ0) is 21.5. The third kappa shape index (κ3) is 6.87. The number of halogens is 2. The lowest BCUT2D eigenvalue weighted by molar-refractivity contribution is 0.372. The van der Waals surface area contributed by atoms with E-state index in [1.54, 1.807) is 6.07 Å². The van der Waals surface area contributed by atoms with Crippen LogP contribution in [0.1, 0.15) is 24.1 Å². The summed E-state index contributed by atoms with van der Waals surface area (Å²) in [5, 5.41) is 4.26. The van der Waals surface area contributed by atoms with Gasteiger partial charge in [-0.15, -0.1) is 24.0 Å². The van der Waals surface area contributed by atoms with Crippen molar-refractivity contribution < 1.29 is 0 Å². The summed E-state index contributed by atoms with van der Waals surface area (Å²) in [5.74, 6) is 0.950. The zero-order valence-corrected chi connectivity index (χ0v) is 21.7. The molecule has 1 aliphatic rings. The van der Waals surface area contributed by atoms with E-state index in [1.807, 2.05) is 36.7 Å². The SMILES string of the molecule is CN=C(NCCCCn1c(C)cccc1=O)N1CCN(c2cc(Cl)ccc2C)CC1.I. The molecule has 1 aromatic heterocycles. The summed E-state index contributed by atoms with van der Waals surface area (Å²) in [6, 6.07) is 11.5. The van der Waals surface area contributed by atoms with Gasteiger partial charge in [-0.3, -0.25) is 9.79 Å². The molecule has 1 saturated heterocycles. The fourth-order valence-corrected chi connectivity index (χ4v) is 4.09. The summed E-state index contributed by atoms with van der Waals surface area (Å²) in [5.41, 5.74) is 3.56. The Balaban J connectivity index is 0.00000341. The number of aliphatic imine (C=N–C) groups is 1. The summed E-state index contributed by atoms with van der Waals surface area (Å²) < 4.78 is 1.84. The third-order valence-electron chi connectivity index (χ3n) is 5.66. The smallest absolute Gasteiger partial charge is 0.250 e. The molecule has 0 unspecified atom stereocenters. The highest BCUT2D eigenvalue weighted by Crippen LogP contribution is 2.25. The molecular weight excluding hydrogens is 525 g/mol. The number of pyridine rings is 1. The van der Waals surface area contributed by atoms with Crippen LogP contribution in [-0.2, 0) is 6.54 Å². The molecule has 0 aliphatic carbocycles. The summed E-state index contributed by atoms with van der Waals surface area (Å²) in [7, 11) is 1.84. The van der Waals surface area contributed by atoms with Gasteiger partial charge in [-0.05, 0) is 50.5 Å². The van der Waals surface area contributed by atoms with Gasteiger partial charge in [-0.1, -0.05) is 23.7 Å². The predicted molar refractivity (Wildman–Crippen MR) is 141 cm³/mol. The van der Waals surface area contributed by atoms with Gasteiger partial charge >= 0.3 is 0 Å². The van der Waals surface area contributed by atoms with Crippen LogP contribution in [0.2, 0.25) is 5.02 Å². The summed E-state index contributed by atoms with van der Waals surface area (Å²) >= 11 is 6.19. The van der Waals surface area contributed by atoms with Gasteiger partial charge in [-0.2, -0.15) is 0 Å². The Morgan fingerprint density at radius 1 is 1.10 bits per heavy atom. The molecule has 6 nitrogen and oxygen atoms in total. The number of hydrogen-bond donors (Lipinski definition) is 1. The molecule has 2 heterocycles. The zero-order valence-electron chi connectivity index (χ0n) is 18.6. The van der Waals surface area contributed by atoms with Crippen LogP contribution < -0.4 is 15.8 Å². The Labute approximate surface area is 207 Å². The van der Waals surface area contributed by atoms with Gasteiger partial charge in [0.05, 0.1) is 0 Å². The maximum Gasteiger partial charge on any atom is 0.250 e. The van der Waals surface area contributed by atoms with Crippen LogP contribution in [0, 0.1) is 13.8 Å². The molecule has 0 saturated carbocycles. The molecule has 2 aromatic rings. The van der Waals surface area contributed by atoms with E-state index in [0.717, 1.165) is 68.8 Å². The predicted octanol–water partition coefficient (Wildman–Crippen LogP) is 3.91. The molecule has 1 fully saturated rings. The van der Waals surface area contributed by atoms with Gasteiger partial charge in [0.1, 0.15) is 0 Å². The minimum Gasteiger partial charge on any atom is -0.368 e. The topological polar surface area (TPSA) is 52.9 Å². The second-order valence-corrected chi connectivity index (χ2v) is 8.18. The Bertz CT molecular complexity index is 938. The summed E-state index contributed by atoms with van der Waals surface area (Å²) in [4.78, 5) is 21.1. The quantitative estimate of drug-likeness (QED) is 0.253. The van der Waals surface area contributed by atoms with Gasteiger partial charge < -0.3 is 19.7 Å². The number of nitrogens with zero attached hydrogens (tertiary/aromatic N) is 4. The normalized spacial score (nSPS) is 14.4. The van der Waals surface area contributed by atoms with Gasteiger partial charge in [0.15, 0.2) is 5.96 Å². The molecule has 1 aromatic carbocycles. The maximum absolute atomic E-state index is 11.9. The van der Waals surface area contributed by atoms with E-state index in [9.17, 15) is 4.79 Å². The van der Waals surface area contributed by atoms with Crippen molar-refractivity contribution in [1.29, 1.82) is 0 Å². The van der Waals surface area contributed by atoms with Crippen molar-refractivity contribution in [3.8, 4) is 0 Å². The Morgan fingerprint density at radius 3 is 2.52 bits per heavy atom. The van der Waals surface area contributed by atoms with Crippen LogP contribution in [0.15, 0.2) is 46.2 Å². The monoisotopic (exact) mass is 557 g/mol. The Morgan fingerprint density at radius 2 is 1.84 bits per heavy atom. The number of aryl methyl sites for hydroxylation is 2. The first-order chi connectivity index (χ1) is 14.5. The number of nitrogens with one attached hydrogen (secondary N) is 1. The van der Waals surface area contributed by atoms with Crippen LogP contribution in [0.4, 0.5) is 5.69 Å². The first kappa shape index (κ1) is 25.5. The second-order valence-electron chi connectivity index (χ2n) is 7.74. The average molecular weight is 558 g/mol. The van der Waals surface area contributed by atoms with Crippen LogP contribution in [0.3, 0.4) is 0 Å². The molecule has 0 atom stereocenters. The molecule has 31 heavy (non-hydrogen) atoms. The molecule has 0 radical (unpaired) electrons. The van der Waals surface area contributed by atoms with E-state index in [0.29, 0.717) is 0 Å². The van der Waals surface area contributed by atoms with Crippen molar-refractivity contribution in [1.82, 2.24) is 14.8 Å². The van der Waals surface area contributed by atoms with Gasteiger partial charge in [0.25, 0.3) is 5.56 Å². The van der Waals surface area contributed by atoms with E-state index >= 15 is 0 Å². The Kier molecular flexibility index (Phi) is 10.2. The first-order valence-electron chi connectivity index (χ1n) is 10.6. The minimum atomic E-state index is 0. The van der Waals surface area contributed by atoms with Crippen LogP contribution in [0.25, 0.3) is 0 Å². The molecule has 0 bridgehead atoms. The van der Waals surface area contributed by atoms with Crippen molar-refractivity contribution in [2.24, 2.45) is 4.99 Å². The second kappa shape index (κ2) is 12.3. The van der Waals surface area contributed by atoms with Gasteiger partial charge in [0, 0.05) is 68.8 Å². The van der Waals surface area contributed by atoms with E-state index in [2.05, 4.69) is 39.2 Å². The van der Waals surface area contributed by atoms with Crippen LogP contribution in [-0.4, -0.2) is 55.2 Å². The highest BCUT2D eigenvalue weighted by Gasteiger charge is 2.20. The molecule has 0 amide bonds. The molecule has 3 rings (SSSR count). The standard InChI is InChI=1S/C23H32ClN5O.HI/c1-18-9-10-20(24)17-21(18)27-13-15-28(16-14-27)23(25-3)26-11-4-5-12-29-19(2)7-6-8-22(29)30;/h6-10,17H,4-5,11-16H2,1-3H3,(H,25,26);1H. The first-order valence-corrected chi connectivity index (χ1v) is 11.0. The van der Waals surface area contributed by atoms with E-state index in [4.69, 9.17) is 11.6 Å². The summed E-state index contributed by atoms with van der Waals surface area (Å²) in [6.07, 6.45) is 1.94. The maximum atomic E-state index is 11.9. The number of hydrogen-bond acceptors (Lipinski definition) is 3. The lowest BCUT2D eigenvalue weighted by Gasteiger charge is -2.38. The summed E-state index contributed by atoms with van der Waals surface area (Å²) in [6.45, 7) is 9.44. The van der Waals surface area contributed by atoms with Crippen molar-refractivity contribution in [2.45, 2.75) is 33.2 Å². The lowest BCUT2D eigenvalue weighted by atomic mass is 10.1. The Hall–Kier alpha value is -1.74. The largest absolute Gasteiger partial charge is 0.368 e. The van der Waals surface area contributed by atoms with Gasteiger partial charge in [-0.25, -0.2) is 0 Å². The number of anilines is 1. The van der Waals surface area contributed by atoms with Gasteiger partial charge in [0.2, 0.25) is 0 Å². The third-order valence-corrected chi connectivity index (χ3v) is 5.90. The number of guanidine groups is 1. The minimum absolute atomic E-state index is 0. The highest BCUT2D eigenvalue weighted by atomic mass is 127. The van der Waals surface area contributed by atoms with E-state index < -0.39 is 0 Å². The van der Waals surface area contributed by atoms with Crippen molar-refractivity contribution >= 4 is 47.2 Å². The average Bonchev–Trinajstić information content (AvgIpc) is 2.74. The fraction of sp³-hybridized carbons (Fsp3) is 0.478. The number of benzene rings is 1. The fourth-order valence-electron chi connectivity index (χ4n) is 3.92. The number of unbranched alkanes of at least 4 members (excludes halogenated alkanes) is 1. The van der Waals surface area contributed by atoms with Crippen molar-refractivity contribution in [3.63, 3.8) is 0 Å². The van der Waals surface area contributed by atoms with Crippen molar-refractivity contribution in [2.75, 3.05) is 44.7 Å². The molecular formula is C23H33ClIN5O. The highest BCUT2D eigenvalue weighted by molar-refractivity contribution is 14.0. The van der Waals surface area contributed by atoms with Crippen LogP contribution >= 0.6 is 35.6 Å². The van der Waals surface area contributed by atoms with E-state index in [-0.39, 0.29) is 29.5 Å². The number of aromatic nitrogens is 1. The molecule has 0 spiro atoms. The molecule has 170 valence electrons. The molecule has 8 heteroatoms. The lowest BCUT2D eigenvalue weighted by Crippen LogP contribution is -2.52.